The summed E-state index contributed by atoms with van der Waals surface area (Å²) in [6, 6.07) is 7.09. The van der Waals surface area contributed by atoms with Crippen LogP contribution in [0, 0.1) is 10.8 Å². The third-order valence-corrected chi connectivity index (χ3v) is 7.63. The van der Waals surface area contributed by atoms with Crippen LogP contribution in [-0.4, -0.2) is 86.5 Å². The number of nitrogens with zero attached hydrogens (tertiary/aromatic N) is 3. The van der Waals surface area contributed by atoms with E-state index in [-0.39, 0.29) is 22.6 Å². The van der Waals surface area contributed by atoms with E-state index in [1.165, 1.54) is 0 Å². The van der Waals surface area contributed by atoms with E-state index >= 15 is 0 Å². The topological polar surface area (TPSA) is 53.1 Å². The van der Waals surface area contributed by atoms with Crippen molar-refractivity contribution in [2.24, 2.45) is 10.8 Å². The maximum atomic E-state index is 13.3. The first kappa shape index (κ1) is 20.6. The number of likely N-dealkylation sites (tertiary alicyclic amines) is 3. The van der Waals surface area contributed by atoms with E-state index in [1.54, 1.807) is 31.4 Å². The van der Waals surface area contributed by atoms with E-state index in [1.807, 2.05) is 16.8 Å². The summed E-state index contributed by atoms with van der Waals surface area (Å²) in [5, 5.41) is 0.632. The average molecular weight is 420 g/mol. The molecule has 158 valence electrons. The molecule has 3 heterocycles. The number of hydrogen-bond acceptors (Lipinski definition) is 4. The standard InChI is InChI=1S/C22H30ClN3O3/c1-24-10-9-22(20(24)28)16-25(13-14-29-2)15-21(22)7-11-26(12-8-21)19(27)17-3-5-18(23)6-4-17/h3-6H,7-16H2,1-2H3/t22-/m0/s1. The van der Waals surface area contributed by atoms with Gasteiger partial charge in [-0.3, -0.25) is 14.5 Å². The summed E-state index contributed by atoms with van der Waals surface area (Å²) in [5.74, 6) is 0.338. The average Bonchev–Trinajstić information content (AvgIpc) is 3.19. The van der Waals surface area contributed by atoms with Crippen molar-refractivity contribution in [3.8, 4) is 0 Å². The number of piperidine rings is 1. The second-order valence-electron chi connectivity index (χ2n) is 8.84. The van der Waals surface area contributed by atoms with Gasteiger partial charge in [0.05, 0.1) is 12.0 Å². The fourth-order valence-electron chi connectivity index (χ4n) is 5.68. The van der Waals surface area contributed by atoms with Crippen LogP contribution in [0.2, 0.25) is 5.02 Å². The molecule has 3 fully saturated rings. The molecule has 29 heavy (non-hydrogen) atoms. The number of benzene rings is 1. The molecule has 0 saturated carbocycles. The molecule has 3 aliphatic rings. The van der Waals surface area contributed by atoms with Gasteiger partial charge in [-0.1, -0.05) is 11.6 Å². The Labute approximate surface area is 177 Å². The fraction of sp³-hybridized carbons (Fsp3) is 0.636. The van der Waals surface area contributed by atoms with Crippen molar-refractivity contribution in [1.29, 1.82) is 0 Å². The van der Waals surface area contributed by atoms with E-state index in [0.29, 0.717) is 30.3 Å². The highest BCUT2D eigenvalue weighted by atomic mass is 35.5. The molecule has 1 aromatic rings. The van der Waals surface area contributed by atoms with Gasteiger partial charge in [0.2, 0.25) is 5.91 Å². The van der Waals surface area contributed by atoms with Crippen molar-refractivity contribution in [2.45, 2.75) is 19.3 Å². The van der Waals surface area contributed by atoms with E-state index in [0.717, 1.165) is 45.4 Å². The zero-order valence-corrected chi connectivity index (χ0v) is 18.1. The normalized spacial score (nSPS) is 26.8. The number of carbonyl (C=O) groups excluding carboxylic acids is 2. The summed E-state index contributed by atoms with van der Waals surface area (Å²) in [6.45, 7) is 5.47. The van der Waals surface area contributed by atoms with Crippen LogP contribution in [0.1, 0.15) is 29.6 Å². The SMILES string of the molecule is COCCN1CC2(CCN(C(=O)c3ccc(Cl)cc3)CC2)[C@@]2(CCN(C)C2=O)C1. The molecule has 0 aromatic heterocycles. The molecule has 7 heteroatoms. The van der Waals surface area contributed by atoms with Crippen LogP contribution in [-0.2, 0) is 9.53 Å². The Kier molecular flexibility index (Phi) is 5.62. The highest BCUT2D eigenvalue weighted by Gasteiger charge is 2.64. The minimum atomic E-state index is -0.315. The summed E-state index contributed by atoms with van der Waals surface area (Å²) in [4.78, 5) is 32.4. The molecule has 2 amide bonds. The lowest BCUT2D eigenvalue weighted by Gasteiger charge is -2.47. The Morgan fingerprint density at radius 1 is 1.10 bits per heavy atom. The van der Waals surface area contributed by atoms with Gasteiger partial charge in [-0.05, 0) is 43.5 Å². The van der Waals surface area contributed by atoms with Crippen LogP contribution in [0.25, 0.3) is 0 Å². The lowest BCUT2D eigenvalue weighted by Crippen LogP contribution is -2.53. The van der Waals surface area contributed by atoms with E-state index < -0.39 is 0 Å². The van der Waals surface area contributed by atoms with E-state index in [9.17, 15) is 9.59 Å². The Balaban J connectivity index is 1.52. The lowest BCUT2D eigenvalue weighted by atomic mass is 9.60. The maximum Gasteiger partial charge on any atom is 0.253 e. The number of ether oxygens (including phenoxy) is 1. The van der Waals surface area contributed by atoms with Crippen LogP contribution < -0.4 is 0 Å². The fourth-order valence-corrected chi connectivity index (χ4v) is 5.81. The Hall–Kier alpha value is -1.63. The monoisotopic (exact) mass is 419 g/mol. The summed E-state index contributed by atoms with van der Waals surface area (Å²) < 4.78 is 5.29. The second kappa shape index (κ2) is 7.89. The number of rotatable bonds is 4. The Morgan fingerprint density at radius 3 is 2.38 bits per heavy atom. The molecular weight excluding hydrogens is 390 g/mol. The Bertz CT molecular complexity index is 776. The quantitative estimate of drug-likeness (QED) is 0.751. The second-order valence-corrected chi connectivity index (χ2v) is 9.28. The van der Waals surface area contributed by atoms with Crippen molar-refractivity contribution in [2.75, 3.05) is 60.0 Å². The zero-order chi connectivity index (χ0) is 20.6. The van der Waals surface area contributed by atoms with Gasteiger partial charge < -0.3 is 14.5 Å². The molecular formula is C22H30ClN3O3. The molecule has 0 unspecified atom stereocenters. The van der Waals surface area contributed by atoms with Gasteiger partial charge in [0.1, 0.15) is 0 Å². The summed E-state index contributed by atoms with van der Waals surface area (Å²) in [5.41, 5.74) is 0.300. The van der Waals surface area contributed by atoms with Gasteiger partial charge in [-0.25, -0.2) is 0 Å². The van der Waals surface area contributed by atoms with Crippen molar-refractivity contribution in [3.63, 3.8) is 0 Å². The van der Waals surface area contributed by atoms with Crippen molar-refractivity contribution < 1.29 is 14.3 Å². The van der Waals surface area contributed by atoms with E-state index in [4.69, 9.17) is 16.3 Å². The smallest absolute Gasteiger partial charge is 0.253 e. The van der Waals surface area contributed by atoms with Gasteiger partial charge in [0, 0.05) is 69.4 Å². The first-order chi connectivity index (χ1) is 13.9. The molecule has 4 rings (SSSR count). The summed E-state index contributed by atoms with van der Waals surface area (Å²) in [6.07, 6.45) is 2.65. The summed E-state index contributed by atoms with van der Waals surface area (Å²) in [7, 11) is 3.64. The first-order valence-corrected chi connectivity index (χ1v) is 10.8. The van der Waals surface area contributed by atoms with Gasteiger partial charge in [-0.15, -0.1) is 0 Å². The number of carbonyl (C=O) groups is 2. The number of hydrogen-bond donors (Lipinski definition) is 0. The third-order valence-electron chi connectivity index (χ3n) is 7.38. The number of methoxy groups -OCH3 is 1. The minimum absolute atomic E-state index is 0.0506. The van der Waals surface area contributed by atoms with Gasteiger partial charge in [0.15, 0.2) is 0 Å². The molecule has 0 radical (unpaired) electrons. The molecule has 0 bridgehead atoms. The van der Waals surface area contributed by atoms with E-state index in [2.05, 4.69) is 4.90 Å². The van der Waals surface area contributed by atoms with Crippen LogP contribution in [0.5, 0.6) is 0 Å². The number of halogens is 1. The van der Waals surface area contributed by atoms with Crippen molar-refractivity contribution in [1.82, 2.24) is 14.7 Å². The molecule has 1 atom stereocenters. The third kappa shape index (κ3) is 3.45. The molecule has 6 nitrogen and oxygen atoms in total. The van der Waals surface area contributed by atoms with Crippen LogP contribution in [0.15, 0.2) is 24.3 Å². The molecule has 0 aliphatic carbocycles. The Morgan fingerprint density at radius 2 is 1.79 bits per heavy atom. The van der Waals surface area contributed by atoms with Crippen molar-refractivity contribution in [3.05, 3.63) is 34.9 Å². The predicted molar refractivity (Wildman–Crippen MR) is 112 cm³/mol. The minimum Gasteiger partial charge on any atom is -0.383 e. The number of amides is 2. The highest BCUT2D eigenvalue weighted by molar-refractivity contribution is 6.30. The molecule has 1 aromatic carbocycles. The van der Waals surface area contributed by atoms with Crippen LogP contribution in [0.4, 0.5) is 0 Å². The van der Waals surface area contributed by atoms with Crippen molar-refractivity contribution >= 4 is 23.4 Å². The van der Waals surface area contributed by atoms with Crippen LogP contribution in [0.3, 0.4) is 0 Å². The van der Waals surface area contributed by atoms with Gasteiger partial charge >= 0.3 is 0 Å². The number of fused-ring (bicyclic) bond motifs is 1. The highest BCUT2D eigenvalue weighted by Crippen LogP contribution is 2.57. The molecule has 2 spiro atoms. The summed E-state index contributed by atoms with van der Waals surface area (Å²) >= 11 is 5.95. The molecule has 3 aliphatic heterocycles. The maximum absolute atomic E-state index is 13.3. The first-order valence-electron chi connectivity index (χ1n) is 10.4. The molecule has 3 saturated heterocycles. The van der Waals surface area contributed by atoms with Gasteiger partial charge in [0.25, 0.3) is 5.91 Å². The van der Waals surface area contributed by atoms with Crippen LogP contribution >= 0.6 is 11.6 Å². The van der Waals surface area contributed by atoms with Gasteiger partial charge in [-0.2, -0.15) is 0 Å². The molecule has 0 N–H and O–H groups in total. The largest absolute Gasteiger partial charge is 0.383 e. The lowest BCUT2D eigenvalue weighted by molar-refractivity contribution is -0.141. The predicted octanol–water partition coefficient (Wildman–Crippen LogP) is 2.37. The zero-order valence-electron chi connectivity index (χ0n) is 17.3.